The van der Waals surface area contributed by atoms with Crippen molar-refractivity contribution in [2.75, 3.05) is 20.3 Å². The number of pyridine rings is 1. The van der Waals surface area contributed by atoms with Crippen molar-refractivity contribution in [3.63, 3.8) is 0 Å². The van der Waals surface area contributed by atoms with Crippen molar-refractivity contribution in [1.82, 2.24) is 25.2 Å². The first-order valence-electron chi connectivity index (χ1n) is 20.2. The van der Waals surface area contributed by atoms with Crippen LogP contribution in [-0.2, 0) is 29.1 Å². The highest BCUT2D eigenvalue weighted by atomic mass is 32.2. The first-order valence-corrected chi connectivity index (χ1v) is 22.6. The van der Waals surface area contributed by atoms with Crippen LogP contribution in [0.25, 0.3) is 27.1 Å². The number of nitrogens with zero attached hydrogens (tertiary/aromatic N) is 2. The van der Waals surface area contributed by atoms with Crippen LogP contribution in [0, 0.1) is 17.3 Å². The molecule has 310 valence electrons. The molecule has 0 radical (unpaired) electrons. The number of allylic oxidation sites excluding steroid dienone is 1. The number of hydrogen-bond acceptors (Lipinski definition) is 11. The molecule has 3 saturated carbocycles. The molecule has 5 aliphatic rings. The molecule has 14 nitrogen and oxygen atoms in total. The lowest BCUT2D eigenvalue weighted by Gasteiger charge is -2.35. The predicted octanol–water partition coefficient (Wildman–Crippen LogP) is 5.59. The van der Waals surface area contributed by atoms with Crippen molar-refractivity contribution in [2.45, 2.75) is 107 Å². The fourth-order valence-electron chi connectivity index (χ4n) is 8.71. The van der Waals surface area contributed by atoms with Crippen molar-refractivity contribution in [2.24, 2.45) is 17.3 Å². The van der Waals surface area contributed by atoms with Gasteiger partial charge in [0.05, 0.1) is 25.5 Å². The van der Waals surface area contributed by atoms with E-state index in [9.17, 15) is 27.6 Å². The van der Waals surface area contributed by atoms with Crippen LogP contribution in [-0.4, -0.2) is 91.4 Å². The summed E-state index contributed by atoms with van der Waals surface area (Å²) in [5.74, 6) is -1.64. The van der Waals surface area contributed by atoms with Crippen molar-refractivity contribution in [3.05, 3.63) is 47.9 Å². The molecule has 5 atom stereocenters. The number of methoxy groups -OCH3 is 1. The summed E-state index contributed by atoms with van der Waals surface area (Å²) in [5, 5.41) is 9.61. The molecule has 1 aromatic carbocycles. The van der Waals surface area contributed by atoms with Crippen LogP contribution in [0.15, 0.2) is 42.3 Å². The van der Waals surface area contributed by atoms with E-state index in [1.165, 1.54) is 22.3 Å². The van der Waals surface area contributed by atoms with E-state index < -0.39 is 74.1 Å². The standard InChI is InChI=1S/C42H51N5O9S2/c1-5-26-21-42(26,39(50)46-58(52,53)28-13-14-28)45-35(48)32-19-27-22-47(32)38(49)34(24-10-7-6-8-11-24)43-40(51)55-23-41(2,3)16-9-12-25-18-31-30(20-33(25)54-4)29-15-17-57-37(29)44-36(31)56-27/h5,9,12,15,17-18,20,24,26-28,32,34H,1,6-8,10-11,13-14,16,19,21-23H2,2-4H3,(H,43,51)(H,45,48)(H,46,50)/t26-,27-,32-,34+,42-/m1/s1. The molecule has 0 spiro atoms. The third-order valence-electron chi connectivity index (χ3n) is 12.3. The van der Waals surface area contributed by atoms with Crippen molar-refractivity contribution in [3.8, 4) is 11.6 Å². The molecule has 1 saturated heterocycles. The highest BCUT2D eigenvalue weighted by molar-refractivity contribution is 7.91. The van der Waals surface area contributed by atoms with Crippen molar-refractivity contribution in [1.29, 1.82) is 0 Å². The van der Waals surface area contributed by atoms with Gasteiger partial charge in [0, 0.05) is 39.5 Å². The van der Waals surface area contributed by atoms with Gasteiger partial charge in [0.2, 0.25) is 27.7 Å². The summed E-state index contributed by atoms with van der Waals surface area (Å²) in [4.78, 5) is 63.8. The third kappa shape index (κ3) is 7.88. The Morgan fingerprint density at radius 2 is 1.88 bits per heavy atom. The average molecular weight is 834 g/mol. The minimum atomic E-state index is -3.91. The molecular weight excluding hydrogens is 783 g/mol. The summed E-state index contributed by atoms with van der Waals surface area (Å²) in [6.07, 6.45) is 9.97. The van der Waals surface area contributed by atoms with E-state index in [1.807, 2.05) is 49.6 Å². The van der Waals surface area contributed by atoms with Gasteiger partial charge in [-0.15, -0.1) is 17.9 Å². The summed E-state index contributed by atoms with van der Waals surface area (Å²) >= 11 is 1.46. The first-order chi connectivity index (χ1) is 27.7. The van der Waals surface area contributed by atoms with Gasteiger partial charge >= 0.3 is 6.09 Å². The van der Waals surface area contributed by atoms with Crippen LogP contribution < -0.4 is 24.8 Å². The second-order valence-corrected chi connectivity index (χ2v) is 20.1. The van der Waals surface area contributed by atoms with Crippen LogP contribution in [0.5, 0.6) is 11.6 Å². The van der Waals surface area contributed by atoms with E-state index in [0.29, 0.717) is 43.7 Å². The van der Waals surface area contributed by atoms with E-state index >= 15 is 0 Å². The molecule has 3 aromatic rings. The Labute approximate surface area is 342 Å². The number of fused-ring (bicyclic) bond motifs is 5. The fourth-order valence-corrected chi connectivity index (χ4v) is 10.8. The number of benzene rings is 1. The molecule has 3 aliphatic carbocycles. The zero-order chi connectivity index (χ0) is 41.0. The predicted molar refractivity (Wildman–Crippen MR) is 220 cm³/mol. The quantitative estimate of drug-likeness (QED) is 0.242. The van der Waals surface area contributed by atoms with Gasteiger partial charge in [0.15, 0.2) is 0 Å². The molecule has 0 unspecified atom stereocenters. The van der Waals surface area contributed by atoms with E-state index in [-0.39, 0.29) is 31.9 Å². The largest absolute Gasteiger partial charge is 0.496 e. The molecule has 4 amide bonds. The summed E-state index contributed by atoms with van der Waals surface area (Å²) in [6, 6.07) is 3.81. The lowest BCUT2D eigenvalue weighted by molar-refractivity contribution is -0.142. The maximum absolute atomic E-state index is 14.9. The topological polar surface area (TPSA) is 182 Å². The molecule has 2 aliphatic heterocycles. The Hall–Kier alpha value is -4.70. The first kappa shape index (κ1) is 40.1. The molecule has 4 bridgehead atoms. The van der Waals surface area contributed by atoms with E-state index in [2.05, 4.69) is 21.9 Å². The number of carbonyl (C=O) groups is 4. The molecule has 8 rings (SSSR count). The molecule has 58 heavy (non-hydrogen) atoms. The number of thiophene rings is 1. The molecule has 3 N–H and O–H groups in total. The van der Waals surface area contributed by atoms with Crippen LogP contribution in [0.4, 0.5) is 4.79 Å². The Morgan fingerprint density at radius 1 is 1.10 bits per heavy atom. The minimum absolute atomic E-state index is 0.0153. The molecule has 4 fully saturated rings. The van der Waals surface area contributed by atoms with E-state index in [4.69, 9.17) is 19.2 Å². The van der Waals surface area contributed by atoms with Gasteiger partial charge in [-0.05, 0) is 68.0 Å². The second kappa shape index (κ2) is 15.5. The summed E-state index contributed by atoms with van der Waals surface area (Å²) in [7, 11) is -2.29. The third-order valence-corrected chi connectivity index (χ3v) is 15.0. The van der Waals surface area contributed by atoms with Crippen LogP contribution in [0.2, 0.25) is 0 Å². The van der Waals surface area contributed by atoms with Gasteiger partial charge in [-0.2, -0.15) is 0 Å². The number of rotatable bonds is 8. The van der Waals surface area contributed by atoms with Crippen LogP contribution >= 0.6 is 11.3 Å². The summed E-state index contributed by atoms with van der Waals surface area (Å²) in [5.41, 5.74) is -1.22. The highest BCUT2D eigenvalue weighted by Crippen LogP contribution is 2.46. The van der Waals surface area contributed by atoms with Gasteiger partial charge in [0.25, 0.3) is 5.91 Å². The zero-order valence-corrected chi connectivity index (χ0v) is 34.7. The SMILES string of the molecule is C=C[C@@H]1C[C@]1(NC(=O)[C@H]1C[C@@H]2CN1C(=O)[C@H](C1CCCCC1)NC(=O)OCC(C)(C)CC=Cc1cc3c(nc4sccc4c3cc1OC)O2)C(=O)NS(=O)(=O)C1CC1. The normalized spacial score (nSPS) is 27.9. The maximum Gasteiger partial charge on any atom is 0.407 e. The average Bonchev–Trinajstić information content (AvgIpc) is 4.09. The zero-order valence-electron chi connectivity index (χ0n) is 33.1. The van der Waals surface area contributed by atoms with E-state index in [1.54, 1.807) is 7.11 Å². The minimum Gasteiger partial charge on any atom is -0.496 e. The highest BCUT2D eigenvalue weighted by Gasteiger charge is 2.62. The number of sulfonamides is 1. The number of amides is 4. The van der Waals surface area contributed by atoms with Gasteiger partial charge < -0.3 is 29.7 Å². The molecule has 4 heterocycles. The van der Waals surface area contributed by atoms with Crippen LogP contribution in [0.1, 0.15) is 83.6 Å². The van der Waals surface area contributed by atoms with Crippen molar-refractivity contribution >= 4 is 72.2 Å². The number of ether oxygens (including phenoxy) is 3. The Kier molecular flexibility index (Phi) is 10.7. The number of aromatic nitrogens is 1. The van der Waals surface area contributed by atoms with Gasteiger partial charge in [-0.1, -0.05) is 51.3 Å². The Morgan fingerprint density at radius 3 is 2.59 bits per heavy atom. The maximum atomic E-state index is 14.9. The monoisotopic (exact) mass is 833 g/mol. The number of carbonyl (C=O) groups excluding carboxylic acids is 4. The van der Waals surface area contributed by atoms with Crippen LogP contribution in [0.3, 0.4) is 0 Å². The number of nitrogens with one attached hydrogen (secondary N) is 3. The molecular formula is C42H51N5O9S2. The summed E-state index contributed by atoms with van der Waals surface area (Å²) < 4.78 is 46.2. The number of cyclic esters (lactones) is 1. The second-order valence-electron chi connectivity index (χ2n) is 17.2. The molecule has 16 heteroatoms. The number of alkyl carbamates (subject to hydrolysis) is 1. The van der Waals surface area contributed by atoms with Gasteiger partial charge in [-0.25, -0.2) is 18.2 Å². The van der Waals surface area contributed by atoms with Crippen molar-refractivity contribution < 1.29 is 41.8 Å². The van der Waals surface area contributed by atoms with Gasteiger partial charge in [0.1, 0.15) is 34.3 Å². The summed E-state index contributed by atoms with van der Waals surface area (Å²) in [6.45, 7) is 7.87. The Bertz CT molecular complexity index is 2300. The molecule has 2 aromatic heterocycles. The van der Waals surface area contributed by atoms with Gasteiger partial charge in [-0.3, -0.25) is 19.1 Å². The lowest BCUT2D eigenvalue weighted by atomic mass is 9.83. The Balaban J connectivity index is 1.18. The van der Waals surface area contributed by atoms with E-state index in [0.717, 1.165) is 45.8 Å². The smallest absolute Gasteiger partial charge is 0.407 e. The fraction of sp³-hybridized carbons (Fsp3) is 0.548. The number of hydrogen-bond donors (Lipinski definition) is 3. The lowest BCUT2D eigenvalue weighted by Crippen LogP contribution is -2.59.